The van der Waals surface area contributed by atoms with Gasteiger partial charge in [-0.25, -0.2) is 4.79 Å². The molecule has 0 bridgehead atoms. The van der Waals surface area contributed by atoms with Crippen molar-refractivity contribution in [1.29, 1.82) is 5.26 Å². The molecule has 1 aromatic carbocycles. The first-order chi connectivity index (χ1) is 10.9. The second kappa shape index (κ2) is 5.34. The molecule has 114 valence electrons. The van der Waals surface area contributed by atoms with Gasteiger partial charge in [0.15, 0.2) is 0 Å². The molecule has 0 aliphatic carbocycles. The van der Waals surface area contributed by atoms with E-state index in [4.69, 9.17) is 16.7 Å². The lowest BCUT2D eigenvalue weighted by molar-refractivity contribution is 0.0694. The van der Waals surface area contributed by atoms with Gasteiger partial charge in [0.1, 0.15) is 17.4 Å². The zero-order chi connectivity index (χ0) is 16.7. The van der Waals surface area contributed by atoms with E-state index < -0.39 is 5.97 Å². The fourth-order valence-electron chi connectivity index (χ4n) is 2.62. The van der Waals surface area contributed by atoms with Gasteiger partial charge in [0.2, 0.25) is 0 Å². The minimum atomic E-state index is -1.20. The van der Waals surface area contributed by atoms with Crippen molar-refractivity contribution in [2.75, 3.05) is 0 Å². The van der Waals surface area contributed by atoms with Crippen LogP contribution >= 0.6 is 11.6 Å². The summed E-state index contributed by atoms with van der Waals surface area (Å²) in [4.78, 5) is 11.0. The standard InChI is InChI=1S/C17H11ClN2O3/c1-9-13(18)4-5-20-14(6-11(8-19)16(9)20)10-2-3-12(17(22)23)15(21)7-10/h2-7,21H,1H3,(H,22,23). The molecule has 0 aliphatic rings. The number of hydrogen-bond acceptors (Lipinski definition) is 3. The van der Waals surface area contributed by atoms with Crippen molar-refractivity contribution in [2.45, 2.75) is 6.92 Å². The number of carboxylic acids is 1. The van der Waals surface area contributed by atoms with Gasteiger partial charge in [-0.1, -0.05) is 17.7 Å². The number of nitriles is 1. The molecule has 23 heavy (non-hydrogen) atoms. The van der Waals surface area contributed by atoms with Crippen LogP contribution in [0.5, 0.6) is 5.75 Å². The van der Waals surface area contributed by atoms with Crippen molar-refractivity contribution in [3.05, 3.63) is 58.2 Å². The van der Waals surface area contributed by atoms with Gasteiger partial charge in [0.05, 0.1) is 16.8 Å². The summed E-state index contributed by atoms with van der Waals surface area (Å²) in [6.07, 6.45) is 1.74. The molecular weight excluding hydrogens is 316 g/mol. The van der Waals surface area contributed by atoms with E-state index in [0.29, 0.717) is 27.4 Å². The van der Waals surface area contributed by atoms with E-state index >= 15 is 0 Å². The highest BCUT2D eigenvalue weighted by Crippen LogP contribution is 2.33. The summed E-state index contributed by atoms with van der Waals surface area (Å²) in [5, 5.41) is 28.8. The average Bonchev–Trinajstić information content (AvgIpc) is 2.89. The van der Waals surface area contributed by atoms with Gasteiger partial charge in [-0.2, -0.15) is 5.26 Å². The summed E-state index contributed by atoms with van der Waals surface area (Å²) in [5.74, 6) is -1.52. The summed E-state index contributed by atoms with van der Waals surface area (Å²) < 4.78 is 1.80. The van der Waals surface area contributed by atoms with Crippen LogP contribution < -0.4 is 0 Å². The number of aromatic nitrogens is 1. The number of fused-ring (bicyclic) bond motifs is 1. The summed E-state index contributed by atoms with van der Waals surface area (Å²) in [6, 6.07) is 9.85. The number of hydrogen-bond donors (Lipinski definition) is 2. The van der Waals surface area contributed by atoms with Crippen molar-refractivity contribution < 1.29 is 15.0 Å². The highest BCUT2D eigenvalue weighted by Gasteiger charge is 2.16. The Morgan fingerprint density at radius 3 is 2.65 bits per heavy atom. The number of benzene rings is 1. The summed E-state index contributed by atoms with van der Waals surface area (Å²) in [6.45, 7) is 1.83. The predicted octanol–water partition coefficient (Wildman–Crippen LogP) is 3.84. The Labute approximate surface area is 136 Å². The first-order valence-electron chi connectivity index (χ1n) is 6.71. The number of carbonyl (C=O) groups is 1. The van der Waals surface area contributed by atoms with E-state index in [2.05, 4.69) is 6.07 Å². The molecule has 0 unspecified atom stereocenters. The zero-order valence-corrected chi connectivity index (χ0v) is 12.8. The number of aromatic carboxylic acids is 1. The molecule has 2 heterocycles. The number of halogens is 1. The highest BCUT2D eigenvalue weighted by atomic mass is 35.5. The van der Waals surface area contributed by atoms with Crippen LogP contribution in [0, 0.1) is 18.3 Å². The lowest BCUT2D eigenvalue weighted by Crippen LogP contribution is -1.97. The Morgan fingerprint density at radius 1 is 1.30 bits per heavy atom. The predicted molar refractivity (Wildman–Crippen MR) is 85.9 cm³/mol. The van der Waals surface area contributed by atoms with Crippen LogP contribution in [0.2, 0.25) is 5.02 Å². The number of phenols is 1. The van der Waals surface area contributed by atoms with Crippen molar-refractivity contribution in [3.63, 3.8) is 0 Å². The Hall–Kier alpha value is -2.97. The van der Waals surface area contributed by atoms with Gasteiger partial charge >= 0.3 is 5.97 Å². The Balaban J connectivity index is 2.30. The lowest BCUT2D eigenvalue weighted by atomic mass is 10.1. The minimum Gasteiger partial charge on any atom is -0.507 e. The first-order valence-corrected chi connectivity index (χ1v) is 7.08. The summed E-state index contributed by atoms with van der Waals surface area (Å²) in [5.41, 5.74) is 3.03. The minimum absolute atomic E-state index is 0.172. The smallest absolute Gasteiger partial charge is 0.339 e. The van der Waals surface area contributed by atoms with Crippen molar-refractivity contribution in [3.8, 4) is 23.1 Å². The SMILES string of the molecule is Cc1c(Cl)ccn2c(-c3ccc(C(=O)O)c(O)c3)cc(C#N)c12. The molecule has 0 amide bonds. The van der Waals surface area contributed by atoms with E-state index in [1.807, 2.05) is 6.92 Å². The van der Waals surface area contributed by atoms with E-state index in [-0.39, 0.29) is 11.3 Å². The fraction of sp³-hybridized carbons (Fsp3) is 0.0588. The monoisotopic (exact) mass is 326 g/mol. The van der Waals surface area contributed by atoms with E-state index in [1.165, 1.54) is 12.1 Å². The number of aryl methyl sites for hydroxylation is 1. The molecule has 0 fully saturated rings. The maximum atomic E-state index is 11.0. The van der Waals surface area contributed by atoms with Gasteiger partial charge in [0.25, 0.3) is 0 Å². The maximum absolute atomic E-state index is 11.0. The van der Waals surface area contributed by atoms with Crippen LogP contribution in [0.1, 0.15) is 21.5 Å². The topological polar surface area (TPSA) is 85.7 Å². The van der Waals surface area contributed by atoms with E-state index in [0.717, 1.165) is 5.56 Å². The van der Waals surface area contributed by atoms with Crippen molar-refractivity contribution in [1.82, 2.24) is 4.40 Å². The number of aromatic hydroxyl groups is 1. The molecular formula is C17H11ClN2O3. The van der Waals surface area contributed by atoms with Crippen LogP contribution in [-0.2, 0) is 0 Å². The quantitative estimate of drug-likeness (QED) is 0.749. The number of pyridine rings is 1. The second-order valence-corrected chi connectivity index (χ2v) is 5.51. The zero-order valence-electron chi connectivity index (χ0n) is 12.0. The van der Waals surface area contributed by atoms with Gasteiger partial charge in [0, 0.05) is 16.8 Å². The number of carboxylic acid groups (broad SMARTS) is 1. The molecule has 0 saturated carbocycles. The van der Waals surface area contributed by atoms with E-state index in [9.17, 15) is 15.2 Å². The molecule has 0 aliphatic heterocycles. The first kappa shape index (κ1) is 14.9. The molecule has 2 N–H and O–H groups in total. The largest absolute Gasteiger partial charge is 0.507 e. The molecule has 0 atom stereocenters. The number of rotatable bonds is 2. The molecule has 6 heteroatoms. The third-order valence-corrected chi connectivity index (χ3v) is 4.17. The third-order valence-electron chi connectivity index (χ3n) is 3.76. The fourth-order valence-corrected chi connectivity index (χ4v) is 2.77. The van der Waals surface area contributed by atoms with E-state index in [1.54, 1.807) is 28.8 Å². The summed E-state index contributed by atoms with van der Waals surface area (Å²) >= 11 is 6.12. The number of nitrogens with zero attached hydrogens (tertiary/aromatic N) is 2. The maximum Gasteiger partial charge on any atom is 0.339 e. The van der Waals surface area contributed by atoms with Crippen LogP contribution in [0.4, 0.5) is 0 Å². The Kier molecular flexibility index (Phi) is 3.47. The van der Waals surface area contributed by atoms with Crippen molar-refractivity contribution >= 4 is 23.1 Å². The Bertz CT molecular complexity index is 999. The van der Waals surface area contributed by atoms with Crippen molar-refractivity contribution in [2.24, 2.45) is 0 Å². The van der Waals surface area contributed by atoms with Crippen LogP contribution in [-0.4, -0.2) is 20.6 Å². The van der Waals surface area contributed by atoms with Gasteiger partial charge in [-0.05, 0) is 36.8 Å². The molecule has 0 spiro atoms. The Morgan fingerprint density at radius 2 is 2.04 bits per heavy atom. The normalized spacial score (nSPS) is 10.7. The molecule has 2 aromatic heterocycles. The molecule has 0 radical (unpaired) electrons. The second-order valence-electron chi connectivity index (χ2n) is 5.10. The van der Waals surface area contributed by atoms with Crippen LogP contribution in [0.15, 0.2) is 36.5 Å². The molecule has 0 saturated heterocycles. The van der Waals surface area contributed by atoms with Gasteiger partial charge < -0.3 is 14.6 Å². The molecule has 3 rings (SSSR count). The summed E-state index contributed by atoms with van der Waals surface area (Å²) in [7, 11) is 0. The van der Waals surface area contributed by atoms with Gasteiger partial charge in [-0.3, -0.25) is 0 Å². The van der Waals surface area contributed by atoms with Crippen LogP contribution in [0.3, 0.4) is 0 Å². The van der Waals surface area contributed by atoms with Crippen LogP contribution in [0.25, 0.3) is 16.8 Å². The average molecular weight is 327 g/mol. The lowest BCUT2D eigenvalue weighted by Gasteiger charge is -2.07. The molecule has 3 aromatic rings. The van der Waals surface area contributed by atoms with Gasteiger partial charge in [-0.15, -0.1) is 0 Å². The third kappa shape index (κ3) is 2.30. The highest BCUT2D eigenvalue weighted by molar-refractivity contribution is 6.31. The molecule has 5 nitrogen and oxygen atoms in total.